The Balaban J connectivity index is 1.63. The molecule has 0 spiro atoms. The molecule has 4 rings (SSSR count). The standard InChI is InChI=1S/C28H31ClF3N5O5S/c1-27(2,3)42-26(39)37-14-19(33-23-13-24(28(30,31)32)35-22-9-8-17(29)11-21(22)23)12-20(15-37)34-25(38)16-6-5-7-18(10-16)36-43(4,40)41/h5-11,13,19-20,36H,12,14-15H2,1-4H3,(H,33,35)(H,34,38). The van der Waals surface area contributed by atoms with E-state index < -0.39 is 51.6 Å². The molecule has 2 unspecified atom stereocenters. The van der Waals surface area contributed by atoms with Crippen LogP contribution in [0.15, 0.2) is 48.5 Å². The zero-order valence-electron chi connectivity index (χ0n) is 23.8. The molecule has 0 saturated carbocycles. The lowest BCUT2D eigenvalue weighted by Gasteiger charge is -2.39. The minimum Gasteiger partial charge on any atom is -0.444 e. The normalized spacial score (nSPS) is 17.8. The van der Waals surface area contributed by atoms with Crippen molar-refractivity contribution in [3.8, 4) is 0 Å². The van der Waals surface area contributed by atoms with Crippen LogP contribution < -0.4 is 15.4 Å². The second kappa shape index (κ2) is 12.1. The highest BCUT2D eigenvalue weighted by Gasteiger charge is 2.36. The summed E-state index contributed by atoms with van der Waals surface area (Å²) < 4.78 is 72.2. The number of carbonyl (C=O) groups excluding carboxylic acids is 2. The predicted octanol–water partition coefficient (Wildman–Crippen LogP) is 5.50. The van der Waals surface area contributed by atoms with Crippen LogP contribution in [0.4, 0.5) is 29.3 Å². The summed E-state index contributed by atoms with van der Waals surface area (Å²) in [6.45, 7) is 5.24. The van der Waals surface area contributed by atoms with Gasteiger partial charge in [0.1, 0.15) is 11.3 Å². The van der Waals surface area contributed by atoms with Crippen LogP contribution in [-0.4, -0.2) is 67.3 Å². The number of hydrogen-bond acceptors (Lipinski definition) is 7. The summed E-state index contributed by atoms with van der Waals surface area (Å²) in [5.74, 6) is -0.535. The number of fused-ring (bicyclic) bond motifs is 1. The van der Waals surface area contributed by atoms with E-state index in [-0.39, 0.29) is 42.0 Å². The number of aromatic nitrogens is 1. The molecular formula is C28H31ClF3N5O5S. The number of pyridine rings is 1. The average molecular weight is 642 g/mol. The van der Waals surface area contributed by atoms with E-state index in [0.717, 1.165) is 12.3 Å². The van der Waals surface area contributed by atoms with Crippen LogP contribution in [0.1, 0.15) is 43.2 Å². The maximum absolute atomic E-state index is 13.7. The van der Waals surface area contributed by atoms with E-state index >= 15 is 0 Å². The number of rotatable bonds is 6. The molecule has 1 aliphatic rings. The molecule has 1 aromatic heterocycles. The lowest BCUT2D eigenvalue weighted by Crippen LogP contribution is -2.56. The second-order valence-corrected chi connectivity index (χ2v) is 13.5. The number of piperidine rings is 1. The van der Waals surface area contributed by atoms with Crippen LogP contribution in [0.5, 0.6) is 0 Å². The first-order chi connectivity index (χ1) is 19.9. The summed E-state index contributed by atoms with van der Waals surface area (Å²) in [7, 11) is -3.58. The van der Waals surface area contributed by atoms with Gasteiger partial charge in [-0.15, -0.1) is 0 Å². The number of halogens is 4. The van der Waals surface area contributed by atoms with Crippen molar-refractivity contribution < 1.29 is 35.9 Å². The van der Waals surface area contributed by atoms with Gasteiger partial charge in [-0.2, -0.15) is 13.2 Å². The number of amides is 2. The highest BCUT2D eigenvalue weighted by atomic mass is 35.5. The van der Waals surface area contributed by atoms with E-state index in [1.165, 1.54) is 47.4 Å². The van der Waals surface area contributed by atoms with Crippen molar-refractivity contribution in [1.82, 2.24) is 15.2 Å². The summed E-state index contributed by atoms with van der Waals surface area (Å²) in [6, 6.07) is 9.83. The molecule has 0 bridgehead atoms. The van der Waals surface area contributed by atoms with E-state index in [2.05, 4.69) is 20.3 Å². The maximum Gasteiger partial charge on any atom is 0.433 e. The molecule has 1 saturated heterocycles. The summed E-state index contributed by atoms with van der Waals surface area (Å²) in [4.78, 5) is 31.3. The number of carbonyl (C=O) groups is 2. The number of alkyl halides is 3. The molecule has 2 amide bonds. The molecule has 2 heterocycles. The maximum atomic E-state index is 13.7. The zero-order valence-corrected chi connectivity index (χ0v) is 25.3. The van der Waals surface area contributed by atoms with Crippen LogP contribution >= 0.6 is 11.6 Å². The van der Waals surface area contributed by atoms with Gasteiger partial charge in [0, 0.05) is 52.5 Å². The molecule has 1 aliphatic heterocycles. The molecule has 232 valence electrons. The number of hydrogen-bond donors (Lipinski definition) is 3. The van der Waals surface area contributed by atoms with Gasteiger partial charge in [0.2, 0.25) is 10.0 Å². The van der Waals surface area contributed by atoms with Crippen molar-refractivity contribution in [2.45, 2.75) is 51.1 Å². The summed E-state index contributed by atoms with van der Waals surface area (Å²) >= 11 is 6.14. The fraction of sp³-hybridized carbons (Fsp3) is 0.393. The first kappa shape index (κ1) is 32.1. The second-order valence-electron chi connectivity index (χ2n) is 11.3. The van der Waals surface area contributed by atoms with E-state index in [1.807, 2.05) is 0 Å². The molecule has 3 aromatic rings. The molecule has 1 fully saturated rings. The minimum atomic E-state index is -4.71. The van der Waals surface area contributed by atoms with E-state index in [1.54, 1.807) is 20.8 Å². The monoisotopic (exact) mass is 641 g/mol. The first-order valence-corrected chi connectivity index (χ1v) is 15.4. The lowest BCUT2D eigenvalue weighted by molar-refractivity contribution is -0.140. The Morgan fingerprint density at radius 2 is 1.74 bits per heavy atom. The zero-order chi connectivity index (χ0) is 31.7. The molecule has 15 heteroatoms. The Morgan fingerprint density at radius 3 is 2.40 bits per heavy atom. The van der Waals surface area contributed by atoms with Gasteiger partial charge < -0.3 is 20.3 Å². The molecule has 3 N–H and O–H groups in total. The quantitative estimate of drug-likeness (QED) is 0.324. The van der Waals surface area contributed by atoms with Gasteiger partial charge in [0.25, 0.3) is 5.91 Å². The average Bonchev–Trinajstić information content (AvgIpc) is 2.86. The Bertz CT molecular complexity index is 1650. The first-order valence-electron chi connectivity index (χ1n) is 13.2. The summed E-state index contributed by atoms with van der Waals surface area (Å²) in [5, 5.41) is 6.62. The number of nitrogens with one attached hydrogen (secondary N) is 3. The minimum absolute atomic E-state index is 0.0663. The van der Waals surface area contributed by atoms with Crippen LogP contribution in [0.2, 0.25) is 5.02 Å². The number of nitrogens with zero attached hydrogens (tertiary/aromatic N) is 2. The molecule has 2 aromatic carbocycles. The van der Waals surface area contributed by atoms with Crippen molar-refractivity contribution in [2.75, 3.05) is 29.4 Å². The van der Waals surface area contributed by atoms with E-state index in [0.29, 0.717) is 10.4 Å². The summed E-state index contributed by atoms with van der Waals surface area (Å²) in [6.07, 6.45) is -4.15. The fourth-order valence-corrected chi connectivity index (χ4v) is 5.40. The van der Waals surface area contributed by atoms with Crippen LogP contribution in [-0.2, 0) is 20.9 Å². The van der Waals surface area contributed by atoms with Crippen molar-refractivity contribution in [2.24, 2.45) is 0 Å². The third-order valence-corrected chi connectivity index (χ3v) is 7.13. The van der Waals surface area contributed by atoms with Crippen LogP contribution in [0.3, 0.4) is 0 Å². The van der Waals surface area contributed by atoms with Gasteiger partial charge >= 0.3 is 12.3 Å². The van der Waals surface area contributed by atoms with Crippen LogP contribution in [0.25, 0.3) is 10.9 Å². The largest absolute Gasteiger partial charge is 0.444 e. The predicted molar refractivity (Wildman–Crippen MR) is 158 cm³/mol. The van der Waals surface area contributed by atoms with Gasteiger partial charge in [0.15, 0.2) is 0 Å². The van der Waals surface area contributed by atoms with Gasteiger partial charge in [-0.1, -0.05) is 17.7 Å². The third kappa shape index (κ3) is 8.86. The molecular weight excluding hydrogens is 611 g/mol. The Morgan fingerprint density at radius 1 is 1.05 bits per heavy atom. The van der Waals surface area contributed by atoms with Gasteiger partial charge in [-0.3, -0.25) is 9.52 Å². The lowest BCUT2D eigenvalue weighted by atomic mass is 9.99. The number of likely N-dealkylation sites (tertiary alicyclic amines) is 1. The highest BCUT2D eigenvalue weighted by Crippen LogP contribution is 2.35. The molecule has 2 atom stereocenters. The molecule has 0 radical (unpaired) electrons. The Kier molecular flexibility index (Phi) is 9.03. The SMILES string of the molecule is CC(C)(C)OC(=O)N1CC(NC(=O)c2cccc(NS(C)(=O)=O)c2)CC(Nc2cc(C(F)(F)F)nc3ccc(Cl)cc23)C1. The molecule has 43 heavy (non-hydrogen) atoms. The molecule has 10 nitrogen and oxygen atoms in total. The smallest absolute Gasteiger partial charge is 0.433 e. The van der Waals surface area contributed by atoms with Crippen LogP contribution in [0, 0.1) is 0 Å². The van der Waals surface area contributed by atoms with Gasteiger partial charge in [0.05, 0.1) is 11.8 Å². The fourth-order valence-electron chi connectivity index (χ4n) is 4.67. The number of sulfonamides is 1. The van der Waals surface area contributed by atoms with E-state index in [9.17, 15) is 31.2 Å². The van der Waals surface area contributed by atoms with Gasteiger partial charge in [-0.05, 0) is 69.7 Å². The van der Waals surface area contributed by atoms with E-state index in [4.69, 9.17) is 16.3 Å². The Hall–Kier alpha value is -3.78. The van der Waals surface area contributed by atoms with Crippen molar-refractivity contribution in [1.29, 1.82) is 0 Å². The highest BCUT2D eigenvalue weighted by molar-refractivity contribution is 7.92. The number of ether oxygens (including phenoxy) is 1. The third-order valence-electron chi connectivity index (χ3n) is 6.29. The van der Waals surface area contributed by atoms with Crippen molar-refractivity contribution in [3.63, 3.8) is 0 Å². The number of anilines is 2. The molecule has 0 aliphatic carbocycles. The summed E-state index contributed by atoms with van der Waals surface area (Å²) in [5.41, 5.74) is -1.37. The Labute approximate surface area is 252 Å². The van der Waals surface area contributed by atoms with Crippen molar-refractivity contribution in [3.05, 3.63) is 64.8 Å². The topological polar surface area (TPSA) is 130 Å². The number of benzene rings is 2. The van der Waals surface area contributed by atoms with Gasteiger partial charge in [-0.25, -0.2) is 18.2 Å². The van der Waals surface area contributed by atoms with Crippen molar-refractivity contribution >= 4 is 55.9 Å².